The fraction of sp³-hybridized carbons (Fsp3) is 0.435. The Bertz CT molecular complexity index is 856. The second-order valence-corrected chi connectivity index (χ2v) is 8.15. The van der Waals surface area contributed by atoms with Crippen molar-refractivity contribution in [3.8, 4) is 0 Å². The van der Waals surface area contributed by atoms with Crippen molar-refractivity contribution in [3.05, 3.63) is 65.2 Å². The lowest BCUT2D eigenvalue weighted by Crippen LogP contribution is -2.42. The molecule has 2 atom stereocenters. The van der Waals surface area contributed by atoms with Crippen molar-refractivity contribution in [2.45, 2.75) is 38.6 Å². The summed E-state index contributed by atoms with van der Waals surface area (Å²) in [5.74, 6) is -1.05. The van der Waals surface area contributed by atoms with E-state index in [9.17, 15) is 14.0 Å². The molecule has 0 aliphatic heterocycles. The Morgan fingerprint density at radius 2 is 1.97 bits per heavy atom. The number of likely N-dealkylation sites (N-methyl/N-ethyl adjacent to an activating group) is 1. The van der Waals surface area contributed by atoms with E-state index in [2.05, 4.69) is 24.1 Å². The highest BCUT2D eigenvalue weighted by Crippen LogP contribution is 2.27. The number of hydrogen-bond acceptors (Lipinski definition) is 4. The Balaban J connectivity index is 1.99. The van der Waals surface area contributed by atoms with Gasteiger partial charge < -0.3 is 16.0 Å². The van der Waals surface area contributed by atoms with Gasteiger partial charge in [-0.1, -0.05) is 26.0 Å². The zero-order valence-corrected chi connectivity index (χ0v) is 18.1. The molecule has 1 heterocycles. The van der Waals surface area contributed by atoms with E-state index < -0.39 is 11.7 Å². The van der Waals surface area contributed by atoms with Gasteiger partial charge in [0.1, 0.15) is 5.82 Å². The van der Waals surface area contributed by atoms with Gasteiger partial charge >= 0.3 is 0 Å². The number of amides is 2. The Kier molecular flexibility index (Phi) is 8.47. The van der Waals surface area contributed by atoms with E-state index in [4.69, 9.17) is 5.73 Å². The standard InChI is InChI=1S/C23H31FN4O2/c1-15(2)20(17-6-5-9-26-13-17)12-22(29)27-14-18(28(3)4)10-16-7-8-19(23(25)30)21(24)11-16/h5-9,11,13,15,18,20H,10,12,14H2,1-4H3,(H2,25,30)(H,27,29)/t18-,20-/m0/s1. The molecule has 2 amide bonds. The lowest BCUT2D eigenvalue weighted by Gasteiger charge is -2.26. The van der Waals surface area contributed by atoms with Gasteiger partial charge in [-0.15, -0.1) is 0 Å². The van der Waals surface area contributed by atoms with Crippen LogP contribution in [0.5, 0.6) is 0 Å². The first-order chi connectivity index (χ1) is 14.2. The number of nitrogens with one attached hydrogen (secondary N) is 1. The minimum absolute atomic E-state index is 0.0244. The molecule has 3 N–H and O–H groups in total. The number of primary amides is 1. The van der Waals surface area contributed by atoms with Crippen LogP contribution in [0.2, 0.25) is 0 Å². The lowest BCUT2D eigenvalue weighted by atomic mass is 9.86. The minimum atomic E-state index is -0.788. The zero-order chi connectivity index (χ0) is 22.3. The van der Waals surface area contributed by atoms with E-state index in [1.165, 1.54) is 12.1 Å². The molecule has 0 unspecified atom stereocenters. The van der Waals surface area contributed by atoms with Gasteiger partial charge in [0.15, 0.2) is 0 Å². The molecule has 2 aromatic rings. The summed E-state index contributed by atoms with van der Waals surface area (Å²) in [6.07, 6.45) is 4.44. The molecule has 30 heavy (non-hydrogen) atoms. The van der Waals surface area contributed by atoms with E-state index >= 15 is 0 Å². The molecule has 1 aromatic heterocycles. The topological polar surface area (TPSA) is 88.3 Å². The second kappa shape index (κ2) is 10.8. The van der Waals surface area contributed by atoms with Crippen molar-refractivity contribution in [3.63, 3.8) is 0 Å². The molecule has 6 nitrogen and oxygen atoms in total. The predicted octanol–water partition coefficient (Wildman–Crippen LogP) is 2.74. The Morgan fingerprint density at radius 1 is 1.23 bits per heavy atom. The minimum Gasteiger partial charge on any atom is -0.366 e. The second-order valence-electron chi connectivity index (χ2n) is 8.15. The molecule has 0 fully saturated rings. The molecule has 0 bridgehead atoms. The fourth-order valence-corrected chi connectivity index (χ4v) is 3.43. The molecule has 0 aliphatic rings. The van der Waals surface area contributed by atoms with Crippen LogP contribution in [0.4, 0.5) is 4.39 Å². The van der Waals surface area contributed by atoms with E-state index in [0.29, 0.717) is 25.3 Å². The number of benzene rings is 1. The molecule has 0 saturated heterocycles. The summed E-state index contributed by atoms with van der Waals surface area (Å²) in [6, 6.07) is 8.28. The summed E-state index contributed by atoms with van der Waals surface area (Å²) in [4.78, 5) is 30.0. The van der Waals surface area contributed by atoms with Gasteiger partial charge in [-0.2, -0.15) is 0 Å². The number of hydrogen-bond donors (Lipinski definition) is 2. The zero-order valence-electron chi connectivity index (χ0n) is 18.1. The third kappa shape index (κ3) is 6.62. The number of carbonyl (C=O) groups is 2. The van der Waals surface area contributed by atoms with Crippen LogP contribution in [0, 0.1) is 11.7 Å². The third-order valence-corrected chi connectivity index (χ3v) is 5.36. The Labute approximate surface area is 177 Å². The fourth-order valence-electron chi connectivity index (χ4n) is 3.43. The Hall–Kier alpha value is -2.80. The van der Waals surface area contributed by atoms with Gasteiger partial charge in [-0.05, 0) is 61.7 Å². The van der Waals surface area contributed by atoms with Crippen molar-refractivity contribution in [1.82, 2.24) is 15.2 Å². The number of aromatic nitrogens is 1. The smallest absolute Gasteiger partial charge is 0.251 e. The molecule has 2 rings (SSSR count). The quantitative estimate of drug-likeness (QED) is 0.626. The lowest BCUT2D eigenvalue weighted by molar-refractivity contribution is -0.121. The first-order valence-electron chi connectivity index (χ1n) is 10.1. The average molecular weight is 415 g/mol. The molecule has 0 saturated carbocycles. The van der Waals surface area contributed by atoms with Crippen molar-refractivity contribution in [1.29, 1.82) is 0 Å². The molecule has 0 spiro atoms. The summed E-state index contributed by atoms with van der Waals surface area (Å²) in [5.41, 5.74) is 6.83. The van der Waals surface area contributed by atoms with Crippen LogP contribution >= 0.6 is 0 Å². The van der Waals surface area contributed by atoms with Gasteiger partial charge in [0.2, 0.25) is 5.91 Å². The molecular weight excluding hydrogens is 383 g/mol. The van der Waals surface area contributed by atoms with Gasteiger partial charge in [0, 0.05) is 31.4 Å². The monoisotopic (exact) mass is 414 g/mol. The van der Waals surface area contributed by atoms with Crippen LogP contribution in [-0.4, -0.2) is 48.4 Å². The third-order valence-electron chi connectivity index (χ3n) is 5.36. The van der Waals surface area contributed by atoms with Crippen molar-refractivity contribution in [2.24, 2.45) is 11.7 Å². The summed E-state index contributed by atoms with van der Waals surface area (Å²) in [7, 11) is 3.83. The van der Waals surface area contributed by atoms with Gasteiger partial charge in [0.25, 0.3) is 5.91 Å². The first-order valence-corrected chi connectivity index (χ1v) is 10.1. The van der Waals surface area contributed by atoms with Crippen molar-refractivity contribution >= 4 is 11.8 Å². The normalized spacial score (nSPS) is 13.3. The molecule has 0 aliphatic carbocycles. The molecule has 1 aromatic carbocycles. The summed E-state index contributed by atoms with van der Waals surface area (Å²) in [6.45, 7) is 4.62. The molecular formula is C23H31FN4O2. The van der Waals surface area contributed by atoms with Crippen LogP contribution in [0.15, 0.2) is 42.7 Å². The number of carbonyl (C=O) groups excluding carboxylic acids is 2. The number of nitrogens with two attached hydrogens (primary N) is 1. The van der Waals surface area contributed by atoms with E-state index in [0.717, 1.165) is 11.1 Å². The van der Waals surface area contributed by atoms with Crippen LogP contribution in [0.25, 0.3) is 0 Å². The molecule has 162 valence electrons. The highest BCUT2D eigenvalue weighted by atomic mass is 19.1. The predicted molar refractivity (Wildman–Crippen MR) is 116 cm³/mol. The van der Waals surface area contributed by atoms with Gasteiger partial charge in [0.05, 0.1) is 5.56 Å². The van der Waals surface area contributed by atoms with Gasteiger partial charge in [-0.25, -0.2) is 4.39 Å². The van der Waals surface area contributed by atoms with Gasteiger partial charge in [-0.3, -0.25) is 14.6 Å². The average Bonchev–Trinajstić information content (AvgIpc) is 2.69. The van der Waals surface area contributed by atoms with E-state index in [1.807, 2.05) is 37.3 Å². The van der Waals surface area contributed by atoms with Crippen molar-refractivity contribution in [2.75, 3.05) is 20.6 Å². The van der Waals surface area contributed by atoms with Crippen molar-refractivity contribution < 1.29 is 14.0 Å². The maximum Gasteiger partial charge on any atom is 0.251 e. The summed E-state index contributed by atoms with van der Waals surface area (Å²) >= 11 is 0. The number of rotatable bonds is 10. The van der Waals surface area contributed by atoms with E-state index in [1.54, 1.807) is 12.3 Å². The highest BCUT2D eigenvalue weighted by Gasteiger charge is 2.21. The van der Waals surface area contributed by atoms with Crippen LogP contribution < -0.4 is 11.1 Å². The van der Waals surface area contributed by atoms with Crippen LogP contribution in [0.1, 0.15) is 47.7 Å². The number of pyridine rings is 1. The maximum absolute atomic E-state index is 14.1. The van der Waals surface area contributed by atoms with Crippen LogP contribution in [-0.2, 0) is 11.2 Å². The summed E-state index contributed by atoms with van der Waals surface area (Å²) < 4.78 is 14.1. The largest absolute Gasteiger partial charge is 0.366 e. The highest BCUT2D eigenvalue weighted by molar-refractivity contribution is 5.93. The Morgan fingerprint density at radius 3 is 2.50 bits per heavy atom. The first kappa shape index (κ1) is 23.5. The van der Waals surface area contributed by atoms with E-state index in [-0.39, 0.29) is 23.4 Å². The maximum atomic E-state index is 14.1. The number of nitrogens with zero attached hydrogens (tertiary/aromatic N) is 2. The van der Waals surface area contributed by atoms with Crippen LogP contribution in [0.3, 0.4) is 0 Å². The number of halogens is 1. The summed E-state index contributed by atoms with van der Waals surface area (Å²) in [5, 5.41) is 3.01. The molecule has 7 heteroatoms. The SMILES string of the molecule is CC(C)[C@H](CC(=O)NC[C@H](Cc1ccc(C(N)=O)c(F)c1)N(C)C)c1cccnc1. The molecule has 0 radical (unpaired) electrons.